The highest BCUT2D eigenvalue weighted by Crippen LogP contribution is 2.29. The van der Waals surface area contributed by atoms with E-state index in [1.165, 1.54) is 44.9 Å². The van der Waals surface area contributed by atoms with Gasteiger partial charge in [0.05, 0.1) is 5.69 Å². The molecule has 1 aliphatic carbocycles. The lowest BCUT2D eigenvalue weighted by Crippen LogP contribution is -2.14. The van der Waals surface area contributed by atoms with Crippen molar-refractivity contribution in [2.24, 2.45) is 0 Å². The minimum absolute atomic E-state index is 0.658. The van der Waals surface area contributed by atoms with Crippen LogP contribution >= 0.6 is 0 Å². The summed E-state index contributed by atoms with van der Waals surface area (Å²) in [5.74, 6) is 1.08. The molecule has 1 aromatic heterocycles. The number of hydrogen-bond donors (Lipinski definition) is 1. The Morgan fingerprint density at radius 1 is 1.22 bits per heavy atom. The monoisotopic (exact) mass is 249 g/mol. The van der Waals surface area contributed by atoms with Crippen LogP contribution in [0.15, 0.2) is 6.20 Å². The van der Waals surface area contributed by atoms with Crippen LogP contribution in [0.4, 0.5) is 5.95 Å². The van der Waals surface area contributed by atoms with Crippen molar-refractivity contribution >= 4 is 5.95 Å². The zero-order valence-corrected chi connectivity index (χ0v) is 11.9. The Balaban J connectivity index is 2.08. The SMILES string of the molecule is CCCNc1nc(C)cn1C1CCCCCCC1. The summed E-state index contributed by atoms with van der Waals surface area (Å²) in [7, 11) is 0. The zero-order valence-electron chi connectivity index (χ0n) is 11.9. The van der Waals surface area contributed by atoms with Gasteiger partial charge < -0.3 is 9.88 Å². The molecule has 102 valence electrons. The number of anilines is 1. The summed E-state index contributed by atoms with van der Waals surface area (Å²) in [6, 6.07) is 0.658. The Bertz CT molecular complexity index is 349. The summed E-state index contributed by atoms with van der Waals surface area (Å²) in [5, 5.41) is 3.47. The molecule has 0 saturated heterocycles. The van der Waals surface area contributed by atoms with Gasteiger partial charge in [-0.15, -0.1) is 0 Å². The van der Waals surface area contributed by atoms with Crippen LogP contribution in [0.3, 0.4) is 0 Å². The molecule has 0 atom stereocenters. The van der Waals surface area contributed by atoms with Crippen LogP contribution in [-0.4, -0.2) is 16.1 Å². The van der Waals surface area contributed by atoms with Crippen molar-refractivity contribution in [3.8, 4) is 0 Å². The van der Waals surface area contributed by atoms with Crippen molar-refractivity contribution < 1.29 is 0 Å². The minimum Gasteiger partial charge on any atom is -0.356 e. The van der Waals surface area contributed by atoms with Gasteiger partial charge in [0, 0.05) is 18.8 Å². The van der Waals surface area contributed by atoms with Crippen molar-refractivity contribution in [2.75, 3.05) is 11.9 Å². The number of hydrogen-bond acceptors (Lipinski definition) is 2. The first-order valence-corrected chi connectivity index (χ1v) is 7.60. The maximum absolute atomic E-state index is 4.63. The second-order valence-electron chi connectivity index (χ2n) is 5.54. The molecule has 1 N–H and O–H groups in total. The van der Waals surface area contributed by atoms with Gasteiger partial charge in [-0.25, -0.2) is 4.98 Å². The highest BCUT2D eigenvalue weighted by molar-refractivity contribution is 5.29. The molecule has 3 nitrogen and oxygen atoms in total. The summed E-state index contributed by atoms with van der Waals surface area (Å²) in [4.78, 5) is 4.63. The van der Waals surface area contributed by atoms with Gasteiger partial charge in [-0.3, -0.25) is 0 Å². The third-order valence-electron chi connectivity index (χ3n) is 3.85. The van der Waals surface area contributed by atoms with Gasteiger partial charge in [0.2, 0.25) is 5.95 Å². The zero-order chi connectivity index (χ0) is 12.8. The van der Waals surface area contributed by atoms with Gasteiger partial charge in [-0.05, 0) is 26.2 Å². The van der Waals surface area contributed by atoms with E-state index >= 15 is 0 Å². The third kappa shape index (κ3) is 3.50. The van der Waals surface area contributed by atoms with Crippen LogP contribution in [0.5, 0.6) is 0 Å². The molecule has 1 saturated carbocycles. The lowest BCUT2D eigenvalue weighted by molar-refractivity contribution is 0.374. The molecule has 18 heavy (non-hydrogen) atoms. The summed E-state index contributed by atoms with van der Waals surface area (Å²) in [6.07, 6.45) is 13.0. The van der Waals surface area contributed by atoms with Gasteiger partial charge in [-0.2, -0.15) is 0 Å². The fourth-order valence-corrected chi connectivity index (χ4v) is 2.87. The van der Waals surface area contributed by atoms with E-state index < -0.39 is 0 Å². The van der Waals surface area contributed by atoms with E-state index in [-0.39, 0.29) is 0 Å². The molecule has 0 aromatic carbocycles. The van der Waals surface area contributed by atoms with E-state index in [4.69, 9.17) is 0 Å². The van der Waals surface area contributed by atoms with E-state index in [0.29, 0.717) is 6.04 Å². The first-order valence-electron chi connectivity index (χ1n) is 7.60. The van der Waals surface area contributed by atoms with Crippen LogP contribution in [0, 0.1) is 6.92 Å². The van der Waals surface area contributed by atoms with Crippen molar-refractivity contribution in [3.05, 3.63) is 11.9 Å². The normalized spacial score (nSPS) is 18.3. The molecule has 1 aliphatic rings. The Hall–Kier alpha value is -0.990. The van der Waals surface area contributed by atoms with E-state index in [1.54, 1.807) is 0 Å². The fraction of sp³-hybridized carbons (Fsp3) is 0.800. The average Bonchev–Trinajstić information content (AvgIpc) is 2.67. The van der Waals surface area contributed by atoms with Gasteiger partial charge in [0.15, 0.2) is 0 Å². The average molecular weight is 249 g/mol. The molecule has 3 heteroatoms. The number of imidazole rings is 1. The first kappa shape index (κ1) is 13.4. The maximum Gasteiger partial charge on any atom is 0.203 e. The highest BCUT2D eigenvalue weighted by Gasteiger charge is 2.16. The molecule has 1 fully saturated rings. The van der Waals surface area contributed by atoms with E-state index in [0.717, 1.165) is 24.6 Å². The summed E-state index contributed by atoms with van der Waals surface area (Å²) in [6.45, 7) is 5.31. The topological polar surface area (TPSA) is 29.9 Å². The minimum atomic E-state index is 0.658. The van der Waals surface area contributed by atoms with E-state index in [9.17, 15) is 0 Å². The van der Waals surface area contributed by atoms with Crippen LogP contribution in [0.1, 0.15) is 70.0 Å². The van der Waals surface area contributed by atoms with Crippen LogP contribution in [0.2, 0.25) is 0 Å². The smallest absolute Gasteiger partial charge is 0.203 e. The van der Waals surface area contributed by atoms with Crippen molar-refractivity contribution in [2.45, 2.75) is 71.3 Å². The second kappa shape index (κ2) is 6.81. The first-order chi connectivity index (χ1) is 8.81. The molecule has 0 unspecified atom stereocenters. The van der Waals surface area contributed by atoms with Gasteiger partial charge in [0.25, 0.3) is 0 Å². The molecule has 0 bridgehead atoms. The largest absolute Gasteiger partial charge is 0.356 e. The third-order valence-corrected chi connectivity index (χ3v) is 3.85. The second-order valence-corrected chi connectivity index (χ2v) is 5.54. The Morgan fingerprint density at radius 3 is 2.56 bits per heavy atom. The van der Waals surface area contributed by atoms with Gasteiger partial charge in [0.1, 0.15) is 0 Å². The Morgan fingerprint density at radius 2 is 1.89 bits per heavy atom. The van der Waals surface area contributed by atoms with Crippen molar-refractivity contribution in [1.29, 1.82) is 0 Å². The Labute approximate surface area is 111 Å². The van der Waals surface area contributed by atoms with E-state index in [2.05, 4.69) is 34.9 Å². The van der Waals surface area contributed by atoms with Crippen LogP contribution in [-0.2, 0) is 0 Å². The maximum atomic E-state index is 4.63. The van der Waals surface area contributed by atoms with Gasteiger partial charge in [-0.1, -0.05) is 39.0 Å². The van der Waals surface area contributed by atoms with Crippen molar-refractivity contribution in [3.63, 3.8) is 0 Å². The number of aromatic nitrogens is 2. The van der Waals surface area contributed by atoms with Crippen LogP contribution < -0.4 is 5.32 Å². The highest BCUT2D eigenvalue weighted by atomic mass is 15.2. The summed E-state index contributed by atoms with van der Waals surface area (Å²) >= 11 is 0. The summed E-state index contributed by atoms with van der Waals surface area (Å²) in [5.41, 5.74) is 1.13. The molecule has 0 aliphatic heterocycles. The molecule has 0 spiro atoms. The molecular weight excluding hydrogens is 222 g/mol. The standard InChI is InChI=1S/C15H27N3/c1-3-11-16-15-17-13(2)12-18(15)14-9-7-5-4-6-8-10-14/h12,14H,3-11H2,1-2H3,(H,16,17). The summed E-state index contributed by atoms with van der Waals surface area (Å²) < 4.78 is 2.40. The number of nitrogens with one attached hydrogen (secondary N) is 1. The lowest BCUT2D eigenvalue weighted by Gasteiger charge is -2.23. The molecular formula is C15H27N3. The lowest BCUT2D eigenvalue weighted by atomic mass is 9.96. The quantitative estimate of drug-likeness (QED) is 0.862. The number of nitrogens with zero attached hydrogens (tertiary/aromatic N) is 2. The molecule has 0 amide bonds. The molecule has 2 rings (SSSR count). The molecule has 1 aromatic rings. The Kier molecular flexibility index (Phi) is 5.09. The number of rotatable bonds is 4. The van der Waals surface area contributed by atoms with Gasteiger partial charge >= 0.3 is 0 Å². The number of aryl methyl sites for hydroxylation is 1. The fourth-order valence-electron chi connectivity index (χ4n) is 2.87. The van der Waals surface area contributed by atoms with Crippen molar-refractivity contribution in [1.82, 2.24) is 9.55 Å². The van der Waals surface area contributed by atoms with Crippen LogP contribution in [0.25, 0.3) is 0 Å². The predicted octanol–water partition coefficient (Wildman–Crippen LogP) is 4.30. The molecule has 1 heterocycles. The molecule has 0 radical (unpaired) electrons. The van der Waals surface area contributed by atoms with E-state index in [1.807, 2.05) is 0 Å². The predicted molar refractivity (Wildman–Crippen MR) is 77.1 cm³/mol.